The predicted octanol–water partition coefficient (Wildman–Crippen LogP) is 5.85. The number of benzene rings is 1. The molecule has 1 aliphatic rings. The monoisotopic (exact) mass is 395 g/mol. The van der Waals surface area contributed by atoms with Crippen LogP contribution in [0.25, 0.3) is 10.2 Å². The number of nitrogens with zero attached hydrogens (tertiary/aromatic N) is 2. The summed E-state index contributed by atoms with van der Waals surface area (Å²) in [6, 6.07) is 6.18. The summed E-state index contributed by atoms with van der Waals surface area (Å²) in [4.78, 5) is 23.1. The normalized spacial score (nSPS) is 15.0. The first kappa shape index (κ1) is 18.9. The average molecular weight is 396 g/mol. The summed E-state index contributed by atoms with van der Waals surface area (Å²) < 4.78 is 5.79. The lowest BCUT2D eigenvalue weighted by Crippen LogP contribution is -2.20. The number of fused-ring (bicyclic) bond motifs is 1. The summed E-state index contributed by atoms with van der Waals surface area (Å²) in [5.74, 6) is 0.498. The van der Waals surface area contributed by atoms with E-state index in [0.29, 0.717) is 4.88 Å². The van der Waals surface area contributed by atoms with Crippen molar-refractivity contribution in [3.8, 4) is 0 Å². The topological polar surface area (TPSA) is 64.1 Å². The lowest BCUT2D eigenvalue weighted by atomic mass is 9.98. The number of carbonyl (C=O) groups excluding carboxylic acids is 1. The van der Waals surface area contributed by atoms with Gasteiger partial charge in [0, 0.05) is 5.69 Å². The van der Waals surface area contributed by atoms with Crippen LogP contribution in [0.15, 0.2) is 24.5 Å². The van der Waals surface area contributed by atoms with E-state index >= 15 is 0 Å². The van der Waals surface area contributed by atoms with Gasteiger partial charge >= 0.3 is 5.97 Å². The minimum absolute atomic E-state index is 0.0455. The average Bonchev–Trinajstić information content (AvgIpc) is 3.03. The minimum Gasteiger partial charge on any atom is -0.458 e. The Hall–Kier alpha value is -2.47. The SMILES string of the molecule is Cc1cccc(C)c1Nc1ncnc2sc(C(=O)OC3CCCCC3)c(C)c12. The number of hydrogen-bond donors (Lipinski definition) is 1. The van der Waals surface area contributed by atoms with Gasteiger partial charge in [-0.15, -0.1) is 11.3 Å². The van der Waals surface area contributed by atoms with Gasteiger partial charge in [0.25, 0.3) is 0 Å². The second-order valence-electron chi connectivity index (χ2n) is 7.52. The molecule has 2 aromatic heterocycles. The van der Waals surface area contributed by atoms with E-state index in [1.165, 1.54) is 17.8 Å². The maximum Gasteiger partial charge on any atom is 0.348 e. The fourth-order valence-electron chi connectivity index (χ4n) is 3.88. The van der Waals surface area contributed by atoms with Crippen molar-refractivity contribution in [2.45, 2.75) is 59.0 Å². The van der Waals surface area contributed by atoms with Gasteiger partial charge in [0.1, 0.15) is 28.0 Å². The van der Waals surface area contributed by atoms with Crippen molar-refractivity contribution in [1.82, 2.24) is 9.97 Å². The molecule has 1 aliphatic carbocycles. The summed E-state index contributed by atoms with van der Waals surface area (Å²) in [5, 5.41) is 4.36. The number of aromatic nitrogens is 2. The molecule has 1 saturated carbocycles. The van der Waals surface area contributed by atoms with Gasteiger partial charge in [0.15, 0.2) is 0 Å². The van der Waals surface area contributed by atoms with Crippen LogP contribution in [-0.2, 0) is 4.74 Å². The Morgan fingerprint density at radius 1 is 1.11 bits per heavy atom. The molecular weight excluding hydrogens is 370 g/mol. The zero-order valence-corrected chi connectivity index (χ0v) is 17.4. The maximum atomic E-state index is 12.8. The summed E-state index contributed by atoms with van der Waals surface area (Å²) in [6.07, 6.45) is 7.04. The fourth-order valence-corrected chi connectivity index (χ4v) is 4.91. The molecule has 0 spiro atoms. The summed E-state index contributed by atoms with van der Waals surface area (Å²) in [5.41, 5.74) is 4.22. The standard InChI is InChI=1S/C22H25N3O2S/c1-13-8-7-9-14(2)18(13)25-20-17-15(3)19(28-21(17)24-12-23-20)22(26)27-16-10-5-4-6-11-16/h7-9,12,16H,4-6,10-11H2,1-3H3,(H,23,24,25). The van der Waals surface area contributed by atoms with Crippen molar-refractivity contribution >= 4 is 39.0 Å². The van der Waals surface area contributed by atoms with Gasteiger partial charge in [0.2, 0.25) is 0 Å². The number of aryl methyl sites for hydroxylation is 3. The first-order valence-corrected chi connectivity index (χ1v) is 10.6. The van der Waals surface area contributed by atoms with Crippen LogP contribution in [0.2, 0.25) is 0 Å². The highest BCUT2D eigenvalue weighted by atomic mass is 32.1. The van der Waals surface area contributed by atoms with Gasteiger partial charge in [-0.3, -0.25) is 0 Å². The molecule has 0 saturated heterocycles. The van der Waals surface area contributed by atoms with Crippen LogP contribution in [0, 0.1) is 20.8 Å². The molecule has 1 N–H and O–H groups in total. The van der Waals surface area contributed by atoms with Crippen LogP contribution in [0.5, 0.6) is 0 Å². The van der Waals surface area contributed by atoms with Crippen molar-refractivity contribution in [2.24, 2.45) is 0 Å². The Kier molecular flexibility index (Phi) is 5.31. The van der Waals surface area contributed by atoms with E-state index in [1.54, 1.807) is 6.33 Å². The largest absolute Gasteiger partial charge is 0.458 e. The number of thiophene rings is 1. The lowest BCUT2D eigenvalue weighted by molar-refractivity contribution is 0.0216. The highest BCUT2D eigenvalue weighted by Gasteiger charge is 2.24. The van der Waals surface area contributed by atoms with Crippen LogP contribution < -0.4 is 5.32 Å². The molecule has 0 aliphatic heterocycles. The first-order valence-electron chi connectivity index (χ1n) is 9.83. The van der Waals surface area contributed by atoms with Crippen molar-refractivity contribution in [3.63, 3.8) is 0 Å². The molecule has 1 fully saturated rings. The Morgan fingerprint density at radius 3 is 2.54 bits per heavy atom. The molecule has 0 unspecified atom stereocenters. The molecule has 6 heteroatoms. The Labute approximate surface area is 169 Å². The van der Waals surface area contributed by atoms with Crippen LogP contribution in [0.4, 0.5) is 11.5 Å². The van der Waals surface area contributed by atoms with Gasteiger partial charge < -0.3 is 10.1 Å². The van der Waals surface area contributed by atoms with Crippen molar-refractivity contribution in [1.29, 1.82) is 0 Å². The molecule has 5 nitrogen and oxygen atoms in total. The molecule has 0 amide bonds. The first-order chi connectivity index (χ1) is 13.5. The minimum atomic E-state index is -0.231. The van der Waals surface area contributed by atoms with E-state index < -0.39 is 0 Å². The van der Waals surface area contributed by atoms with E-state index in [2.05, 4.69) is 41.3 Å². The zero-order chi connectivity index (χ0) is 19.7. The van der Waals surface area contributed by atoms with Gasteiger partial charge in [-0.05, 0) is 63.1 Å². The van der Waals surface area contributed by atoms with Crippen molar-refractivity contribution in [3.05, 3.63) is 46.1 Å². The van der Waals surface area contributed by atoms with E-state index in [-0.39, 0.29) is 12.1 Å². The number of para-hydroxylation sites is 1. The van der Waals surface area contributed by atoms with Crippen LogP contribution in [-0.4, -0.2) is 22.0 Å². The van der Waals surface area contributed by atoms with Gasteiger partial charge in [-0.25, -0.2) is 14.8 Å². The molecule has 4 rings (SSSR count). The maximum absolute atomic E-state index is 12.8. The molecule has 146 valence electrons. The fraction of sp³-hybridized carbons (Fsp3) is 0.409. The van der Waals surface area contributed by atoms with Gasteiger partial charge in [0.05, 0.1) is 5.39 Å². The Morgan fingerprint density at radius 2 is 1.82 bits per heavy atom. The summed E-state index contributed by atoms with van der Waals surface area (Å²) >= 11 is 1.39. The number of anilines is 2. The van der Waals surface area contributed by atoms with Crippen LogP contribution >= 0.6 is 11.3 Å². The molecule has 28 heavy (non-hydrogen) atoms. The third-order valence-corrected chi connectivity index (χ3v) is 6.64. The number of nitrogens with one attached hydrogen (secondary N) is 1. The molecule has 1 aromatic carbocycles. The smallest absolute Gasteiger partial charge is 0.348 e. The van der Waals surface area contributed by atoms with Crippen LogP contribution in [0.1, 0.15) is 58.5 Å². The molecule has 2 heterocycles. The molecule has 0 radical (unpaired) electrons. The van der Waals surface area contributed by atoms with Crippen molar-refractivity contribution in [2.75, 3.05) is 5.32 Å². The second-order valence-corrected chi connectivity index (χ2v) is 8.51. The van der Waals surface area contributed by atoms with E-state index in [4.69, 9.17) is 4.74 Å². The quantitative estimate of drug-likeness (QED) is 0.561. The summed E-state index contributed by atoms with van der Waals surface area (Å²) in [6.45, 7) is 6.10. The zero-order valence-electron chi connectivity index (χ0n) is 16.5. The molecular formula is C22H25N3O2S. The van der Waals surface area contributed by atoms with Gasteiger partial charge in [-0.1, -0.05) is 24.6 Å². The number of esters is 1. The van der Waals surface area contributed by atoms with Gasteiger partial charge in [-0.2, -0.15) is 0 Å². The number of ether oxygens (including phenoxy) is 1. The predicted molar refractivity (Wildman–Crippen MR) is 114 cm³/mol. The Balaban J connectivity index is 1.67. The number of carbonyl (C=O) groups is 1. The molecule has 3 aromatic rings. The highest BCUT2D eigenvalue weighted by molar-refractivity contribution is 7.20. The highest BCUT2D eigenvalue weighted by Crippen LogP contribution is 2.36. The third-order valence-electron chi connectivity index (χ3n) is 5.46. The van der Waals surface area contributed by atoms with E-state index in [1.807, 2.05) is 13.0 Å². The number of rotatable bonds is 4. The summed E-state index contributed by atoms with van der Waals surface area (Å²) in [7, 11) is 0. The van der Waals surface area contributed by atoms with E-state index in [9.17, 15) is 4.79 Å². The number of hydrogen-bond acceptors (Lipinski definition) is 6. The van der Waals surface area contributed by atoms with Crippen molar-refractivity contribution < 1.29 is 9.53 Å². The van der Waals surface area contributed by atoms with Crippen LogP contribution in [0.3, 0.4) is 0 Å². The molecule has 0 atom stereocenters. The Bertz CT molecular complexity index is 1000. The third kappa shape index (κ3) is 3.61. The van der Waals surface area contributed by atoms with E-state index in [0.717, 1.165) is 64.1 Å². The molecule has 0 bridgehead atoms. The lowest BCUT2D eigenvalue weighted by Gasteiger charge is -2.21. The second kappa shape index (κ2) is 7.87.